The first-order valence-corrected chi connectivity index (χ1v) is 7.66. The molecular weight excluding hydrogens is 332 g/mol. The van der Waals surface area contributed by atoms with Crippen LogP contribution in [0, 0.1) is 13.8 Å². The third kappa shape index (κ3) is 2.58. The Labute approximate surface area is 131 Å². The van der Waals surface area contributed by atoms with Gasteiger partial charge in [-0.05, 0) is 49.6 Å². The van der Waals surface area contributed by atoms with Crippen LogP contribution in [-0.4, -0.2) is 16.8 Å². The maximum Gasteiger partial charge on any atom is 0.234 e. The zero-order valence-corrected chi connectivity index (χ0v) is 13.5. The minimum absolute atomic E-state index is 0.192. The number of carbonyl (C=O) groups is 2. The number of pyridine rings is 1. The molecule has 4 nitrogen and oxygen atoms in total. The standard InChI is InChI=1S/C16H15BrN2O2/c1-8-5-10-6-12(9(2)18-14(10)7-13(8)17)11-3-4-15(20)19-16(11)21/h5-7,11H,3-4H2,1-2H3,(H,19,20,21). The van der Waals surface area contributed by atoms with Gasteiger partial charge in [-0.15, -0.1) is 0 Å². The number of hydrogen-bond donors (Lipinski definition) is 1. The predicted octanol–water partition coefficient (Wildman–Crippen LogP) is 3.13. The van der Waals surface area contributed by atoms with E-state index in [1.54, 1.807) is 0 Å². The monoisotopic (exact) mass is 346 g/mol. The fourth-order valence-corrected chi connectivity index (χ4v) is 3.10. The van der Waals surface area contributed by atoms with Gasteiger partial charge in [0, 0.05) is 22.0 Å². The summed E-state index contributed by atoms with van der Waals surface area (Å²) in [6.07, 6.45) is 0.932. The maximum absolute atomic E-state index is 12.0. The van der Waals surface area contributed by atoms with E-state index in [1.165, 1.54) is 0 Å². The molecule has 1 aliphatic rings. The first-order valence-electron chi connectivity index (χ1n) is 6.87. The van der Waals surface area contributed by atoms with Crippen molar-refractivity contribution in [1.29, 1.82) is 0 Å². The molecule has 0 spiro atoms. The summed E-state index contributed by atoms with van der Waals surface area (Å²) >= 11 is 3.51. The molecule has 2 heterocycles. The van der Waals surface area contributed by atoms with Crippen molar-refractivity contribution in [3.05, 3.63) is 39.5 Å². The van der Waals surface area contributed by atoms with Crippen LogP contribution < -0.4 is 5.32 Å². The van der Waals surface area contributed by atoms with E-state index in [9.17, 15) is 9.59 Å². The summed E-state index contributed by atoms with van der Waals surface area (Å²) in [6.45, 7) is 3.93. The van der Waals surface area contributed by atoms with Gasteiger partial charge in [0.05, 0.1) is 11.4 Å². The second-order valence-electron chi connectivity index (χ2n) is 5.46. The first-order chi connectivity index (χ1) is 9.95. The first kappa shape index (κ1) is 14.2. The Hall–Kier alpha value is -1.75. The molecule has 0 bridgehead atoms. The number of piperidine rings is 1. The second kappa shape index (κ2) is 5.22. The lowest BCUT2D eigenvalue weighted by Gasteiger charge is -2.22. The Kier molecular flexibility index (Phi) is 3.53. The number of amides is 2. The van der Waals surface area contributed by atoms with Crippen molar-refractivity contribution in [2.24, 2.45) is 0 Å². The molecule has 0 aliphatic carbocycles. The number of halogens is 1. The number of aryl methyl sites for hydroxylation is 2. The fraction of sp³-hybridized carbons (Fsp3) is 0.312. The van der Waals surface area contributed by atoms with Crippen LogP contribution in [0.3, 0.4) is 0 Å². The quantitative estimate of drug-likeness (QED) is 0.807. The lowest BCUT2D eigenvalue weighted by molar-refractivity contribution is -0.134. The number of nitrogens with one attached hydrogen (secondary N) is 1. The third-order valence-corrected chi connectivity index (χ3v) is 4.79. The molecule has 2 amide bonds. The highest BCUT2D eigenvalue weighted by atomic mass is 79.9. The smallest absolute Gasteiger partial charge is 0.234 e. The average molecular weight is 347 g/mol. The van der Waals surface area contributed by atoms with Gasteiger partial charge >= 0.3 is 0 Å². The van der Waals surface area contributed by atoms with Crippen LogP contribution >= 0.6 is 15.9 Å². The average Bonchev–Trinajstić information content (AvgIpc) is 2.41. The zero-order chi connectivity index (χ0) is 15.1. The fourth-order valence-electron chi connectivity index (χ4n) is 2.77. The van der Waals surface area contributed by atoms with Gasteiger partial charge in [0.1, 0.15) is 0 Å². The highest BCUT2D eigenvalue weighted by Crippen LogP contribution is 2.31. The molecule has 1 N–H and O–H groups in total. The van der Waals surface area contributed by atoms with Gasteiger partial charge in [-0.2, -0.15) is 0 Å². The van der Waals surface area contributed by atoms with E-state index in [2.05, 4.69) is 32.3 Å². The van der Waals surface area contributed by atoms with Gasteiger partial charge in [0.15, 0.2) is 0 Å². The number of rotatable bonds is 1. The molecule has 1 aromatic carbocycles. The van der Waals surface area contributed by atoms with Crippen LogP contribution in [0.1, 0.15) is 35.6 Å². The molecule has 1 aliphatic heterocycles. The summed E-state index contributed by atoms with van der Waals surface area (Å²) in [6, 6.07) is 6.07. The molecule has 21 heavy (non-hydrogen) atoms. The van der Waals surface area contributed by atoms with E-state index in [0.717, 1.165) is 32.2 Å². The molecule has 1 unspecified atom stereocenters. The van der Waals surface area contributed by atoms with Crippen molar-refractivity contribution in [3.63, 3.8) is 0 Å². The topological polar surface area (TPSA) is 59.1 Å². The van der Waals surface area contributed by atoms with Crippen molar-refractivity contribution in [2.45, 2.75) is 32.6 Å². The molecule has 5 heteroatoms. The number of carbonyl (C=O) groups excluding carboxylic acids is 2. The Morgan fingerprint density at radius 1 is 1.24 bits per heavy atom. The number of aromatic nitrogens is 1. The normalized spacial score (nSPS) is 18.9. The molecule has 108 valence electrons. The van der Waals surface area contributed by atoms with E-state index >= 15 is 0 Å². The number of nitrogens with zero attached hydrogens (tertiary/aromatic N) is 1. The van der Waals surface area contributed by atoms with Crippen LogP contribution in [0.5, 0.6) is 0 Å². The van der Waals surface area contributed by atoms with E-state index in [4.69, 9.17) is 0 Å². The molecule has 0 saturated carbocycles. The second-order valence-corrected chi connectivity index (χ2v) is 6.32. The van der Waals surface area contributed by atoms with E-state index < -0.39 is 0 Å². The molecule has 1 saturated heterocycles. The minimum Gasteiger partial charge on any atom is -0.296 e. The molecule has 1 fully saturated rings. The summed E-state index contributed by atoms with van der Waals surface area (Å²) in [5.41, 5.74) is 3.78. The lowest BCUT2D eigenvalue weighted by atomic mass is 9.89. The number of fused-ring (bicyclic) bond motifs is 1. The van der Waals surface area contributed by atoms with Crippen molar-refractivity contribution < 1.29 is 9.59 Å². The van der Waals surface area contributed by atoms with Gasteiger partial charge in [-0.25, -0.2) is 0 Å². The van der Waals surface area contributed by atoms with Gasteiger partial charge in [0.25, 0.3) is 0 Å². The number of imide groups is 1. The molecule has 3 rings (SSSR count). The Morgan fingerprint density at radius 2 is 2.00 bits per heavy atom. The van der Waals surface area contributed by atoms with Crippen molar-refractivity contribution >= 4 is 38.6 Å². The summed E-state index contributed by atoms with van der Waals surface area (Å²) in [5, 5.41) is 3.43. The molecule has 1 aromatic heterocycles. The third-order valence-electron chi connectivity index (χ3n) is 3.94. The summed E-state index contributed by atoms with van der Waals surface area (Å²) in [4.78, 5) is 27.9. The Balaban J connectivity index is 2.10. The van der Waals surface area contributed by atoms with Gasteiger partial charge < -0.3 is 0 Å². The number of benzene rings is 1. The molecule has 2 aromatic rings. The molecule has 0 radical (unpaired) electrons. The van der Waals surface area contributed by atoms with Crippen LogP contribution in [0.25, 0.3) is 10.9 Å². The Bertz CT molecular complexity index is 770. The van der Waals surface area contributed by atoms with Crippen molar-refractivity contribution in [2.75, 3.05) is 0 Å². The van der Waals surface area contributed by atoms with Crippen molar-refractivity contribution in [3.8, 4) is 0 Å². The summed E-state index contributed by atoms with van der Waals surface area (Å²) in [5.74, 6) is -0.699. The lowest BCUT2D eigenvalue weighted by Crippen LogP contribution is -2.39. The van der Waals surface area contributed by atoms with Gasteiger partial charge in [0.2, 0.25) is 11.8 Å². The highest BCUT2D eigenvalue weighted by molar-refractivity contribution is 9.10. The molecular formula is C16H15BrN2O2. The van der Waals surface area contributed by atoms with Gasteiger partial charge in [-0.1, -0.05) is 15.9 Å². The summed E-state index contributed by atoms with van der Waals surface area (Å²) < 4.78 is 1.02. The SMILES string of the molecule is Cc1cc2cc(C3CCC(=O)NC3=O)c(C)nc2cc1Br. The maximum atomic E-state index is 12.0. The highest BCUT2D eigenvalue weighted by Gasteiger charge is 2.29. The van der Waals surface area contributed by atoms with Crippen LogP contribution in [0.2, 0.25) is 0 Å². The van der Waals surface area contributed by atoms with Crippen LogP contribution in [-0.2, 0) is 9.59 Å². The van der Waals surface area contributed by atoms with E-state index in [1.807, 2.05) is 26.0 Å². The van der Waals surface area contributed by atoms with Crippen LogP contribution in [0.4, 0.5) is 0 Å². The van der Waals surface area contributed by atoms with Crippen LogP contribution in [0.15, 0.2) is 22.7 Å². The predicted molar refractivity (Wildman–Crippen MR) is 84.0 cm³/mol. The van der Waals surface area contributed by atoms with Gasteiger partial charge in [-0.3, -0.25) is 19.9 Å². The van der Waals surface area contributed by atoms with E-state index in [0.29, 0.717) is 12.8 Å². The summed E-state index contributed by atoms with van der Waals surface area (Å²) in [7, 11) is 0. The largest absolute Gasteiger partial charge is 0.296 e. The van der Waals surface area contributed by atoms with Crippen molar-refractivity contribution in [1.82, 2.24) is 10.3 Å². The molecule has 1 atom stereocenters. The number of hydrogen-bond acceptors (Lipinski definition) is 3. The zero-order valence-electron chi connectivity index (χ0n) is 11.9. The van der Waals surface area contributed by atoms with E-state index in [-0.39, 0.29) is 17.7 Å². The Morgan fingerprint density at radius 3 is 2.71 bits per heavy atom. The minimum atomic E-state index is -0.288.